The molecule has 0 saturated carbocycles. The summed E-state index contributed by atoms with van der Waals surface area (Å²) in [5.41, 5.74) is 2.85. The molecule has 1 unspecified atom stereocenters. The van der Waals surface area contributed by atoms with Crippen molar-refractivity contribution >= 4 is 38.7 Å². The highest BCUT2D eigenvalue weighted by molar-refractivity contribution is 7.92. The van der Waals surface area contributed by atoms with E-state index in [1.165, 1.54) is 11.3 Å². The summed E-state index contributed by atoms with van der Waals surface area (Å²) < 4.78 is 24.8. The van der Waals surface area contributed by atoms with Crippen molar-refractivity contribution < 1.29 is 13.2 Å². The summed E-state index contributed by atoms with van der Waals surface area (Å²) >= 11 is 7.48. The SMILES string of the molecule is O=C(CS(=O)(=O)CCCc1ccccc1)NC(c1ccc(Cl)cc1)c1ccsc1. The first-order valence-electron chi connectivity index (χ1n) is 9.24. The lowest BCUT2D eigenvalue weighted by Crippen LogP contribution is -2.34. The second-order valence-electron chi connectivity index (χ2n) is 6.79. The Bertz CT molecular complexity index is 1020. The fraction of sp³-hybridized carbons (Fsp3) is 0.227. The van der Waals surface area contributed by atoms with E-state index in [0.29, 0.717) is 17.9 Å². The first-order valence-corrected chi connectivity index (χ1v) is 12.4. The molecule has 0 bridgehead atoms. The van der Waals surface area contributed by atoms with Crippen molar-refractivity contribution in [2.75, 3.05) is 11.5 Å². The van der Waals surface area contributed by atoms with E-state index in [4.69, 9.17) is 11.6 Å². The second kappa shape index (κ2) is 10.1. The zero-order valence-electron chi connectivity index (χ0n) is 15.8. The summed E-state index contributed by atoms with van der Waals surface area (Å²) in [7, 11) is -3.48. The Hall–Kier alpha value is -2.15. The molecule has 1 aromatic heterocycles. The molecule has 4 nitrogen and oxygen atoms in total. The summed E-state index contributed by atoms with van der Waals surface area (Å²) in [5.74, 6) is -1.04. The van der Waals surface area contributed by atoms with Gasteiger partial charge in [-0.1, -0.05) is 54.1 Å². The molecule has 0 saturated heterocycles. The van der Waals surface area contributed by atoms with Gasteiger partial charge in [-0.05, 0) is 58.5 Å². The average Bonchev–Trinajstić information content (AvgIpc) is 3.22. The molecule has 7 heteroatoms. The lowest BCUT2D eigenvalue weighted by atomic mass is 10.0. The summed E-state index contributed by atoms with van der Waals surface area (Å²) in [6, 6.07) is 18.4. The molecular formula is C22H22ClNO3S2. The van der Waals surface area contributed by atoms with E-state index in [9.17, 15) is 13.2 Å². The van der Waals surface area contributed by atoms with Crippen LogP contribution in [0.5, 0.6) is 0 Å². The molecule has 2 aromatic carbocycles. The molecule has 0 fully saturated rings. The fourth-order valence-electron chi connectivity index (χ4n) is 3.07. The van der Waals surface area contributed by atoms with Gasteiger partial charge in [-0.15, -0.1) is 0 Å². The molecule has 0 aliphatic heterocycles. The quantitative estimate of drug-likeness (QED) is 0.519. The molecule has 0 aliphatic rings. The highest BCUT2D eigenvalue weighted by atomic mass is 35.5. The van der Waals surface area contributed by atoms with Crippen molar-refractivity contribution in [2.45, 2.75) is 18.9 Å². The number of amides is 1. The molecule has 29 heavy (non-hydrogen) atoms. The minimum atomic E-state index is -3.48. The summed E-state index contributed by atoms with van der Waals surface area (Å²) in [6.45, 7) is 0. The van der Waals surface area contributed by atoms with Crippen molar-refractivity contribution in [3.8, 4) is 0 Å². The van der Waals surface area contributed by atoms with Crippen molar-refractivity contribution in [2.24, 2.45) is 0 Å². The van der Waals surface area contributed by atoms with Gasteiger partial charge in [0.25, 0.3) is 0 Å². The van der Waals surface area contributed by atoms with E-state index in [0.717, 1.165) is 16.7 Å². The van der Waals surface area contributed by atoms with E-state index >= 15 is 0 Å². The highest BCUT2D eigenvalue weighted by Gasteiger charge is 2.22. The van der Waals surface area contributed by atoms with E-state index in [1.807, 2.05) is 59.3 Å². The number of sulfone groups is 1. The molecular weight excluding hydrogens is 426 g/mol. The number of thiophene rings is 1. The number of benzene rings is 2. The first-order chi connectivity index (χ1) is 13.9. The van der Waals surface area contributed by atoms with Gasteiger partial charge in [0.15, 0.2) is 9.84 Å². The smallest absolute Gasteiger partial charge is 0.235 e. The summed E-state index contributed by atoms with van der Waals surface area (Å²) in [5, 5.41) is 7.33. The first kappa shape index (κ1) is 21.6. The third kappa shape index (κ3) is 6.70. The van der Waals surface area contributed by atoms with E-state index < -0.39 is 27.5 Å². The summed E-state index contributed by atoms with van der Waals surface area (Å²) in [4.78, 5) is 12.5. The minimum absolute atomic E-state index is 0.0145. The second-order valence-corrected chi connectivity index (χ2v) is 10.2. The molecule has 152 valence electrons. The monoisotopic (exact) mass is 447 g/mol. The Morgan fingerprint density at radius 2 is 1.72 bits per heavy atom. The molecule has 0 spiro atoms. The Morgan fingerprint density at radius 3 is 2.38 bits per heavy atom. The maximum Gasteiger partial charge on any atom is 0.235 e. The van der Waals surface area contributed by atoms with Gasteiger partial charge in [0.1, 0.15) is 5.75 Å². The zero-order valence-corrected chi connectivity index (χ0v) is 18.1. The van der Waals surface area contributed by atoms with Gasteiger partial charge in [0.2, 0.25) is 5.91 Å². The van der Waals surface area contributed by atoms with Crippen LogP contribution in [-0.4, -0.2) is 25.8 Å². The molecule has 1 amide bonds. The lowest BCUT2D eigenvalue weighted by Gasteiger charge is -2.19. The minimum Gasteiger partial charge on any atom is -0.344 e. The van der Waals surface area contributed by atoms with Gasteiger partial charge in [-0.3, -0.25) is 4.79 Å². The number of carbonyl (C=O) groups is 1. The van der Waals surface area contributed by atoms with Gasteiger partial charge in [0.05, 0.1) is 11.8 Å². The average molecular weight is 448 g/mol. The maximum absolute atomic E-state index is 12.5. The van der Waals surface area contributed by atoms with Crippen LogP contribution in [0.15, 0.2) is 71.4 Å². The summed E-state index contributed by atoms with van der Waals surface area (Å²) in [6.07, 6.45) is 1.16. The van der Waals surface area contributed by atoms with Gasteiger partial charge in [-0.25, -0.2) is 8.42 Å². The molecule has 0 radical (unpaired) electrons. The van der Waals surface area contributed by atoms with Crippen LogP contribution in [-0.2, 0) is 21.1 Å². The number of carbonyl (C=O) groups excluding carboxylic acids is 1. The molecule has 3 rings (SSSR count). The topological polar surface area (TPSA) is 63.2 Å². The third-order valence-corrected chi connectivity index (χ3v) is 7.07. The van der Waals surface area contributed by atoms with Crippen molar-refractivity contribution in [3.63, 3.8) is 0 Å². The molecule has 0 aliphatic carbocycles. The number of nitrogens with one attached hydrogen (secondary N) is 1. The van der Waals surface area contributed by atoms with Gasteiger partial charge in [-0.2, -0.15) is 11.3 Å². The molecule has 1 atom stereocenters. The Balaban J connectivity index is 1.61. The third-order valence-electron chi connectivity index (χ3n) is 4.50. The highest BCUT2D eigenvalue weighted by Crippen LogP contribution is 2.25. The fourth-order valence-corrected chi connectivity index (χ4v) is 5.09. The van der Waals surface area contributed by atoms with Crippen LogP contribution in [0.3, 0.4) is 0 Å². The molecule has 3 aromatic rings. The van der Waals surface area contributed by atoms with Gasteiger partial charge in [0, 0.05) is 5.02 Å². The number of hydrogen-bond donors (Lipinski definition) is 1. The van der Waals surface area contributed by atoms with Crippen LogP contribution >= 0.6 is 22.9 Å². The number of hydrogen-bond acceptors (Lipinski definition) is 4. The van der Waals surface area contributed by atoms with Crippen LogP contribution in [0.2, 0.25) is 5.02 Å². The maximum atomic E-state index is 12.5. The van der Waals surface area contributed by atoms with E-state index in [1.54, 1.807) is 12.1 Å². The Labute approximate surface area is 180 Å². The molecule has 1 heterocycles. The van der Waals surface area contributed by atoms with Crippen molar-refractivity contribution in [1.82, 2.24) is 5.32 Å². The number of rotatable bonds is 9. The zero-order chi connectivity index (χ0) is 20.7. The normalized spacial score (nSPS) is 12.4. The Kier molecular flexibility index (Phi) is 7.47. The van der Waals surface area contributed by atoms with Gasteiger partial charge < -0.3 is 5.32 Å². The lowest BCUT2D eigenvalue weighted by molar-refractivity contribution is -0.119. The number of halogens is 1. The van der Waals surface area contributed by atoms with Crippen LogP contribution in [0.1, 0.15) is 29.2 Å². The Morgan fingerprint density at radius 1 is 1.00 bits per heavy atom. The van der Waals surface area contributed by atoms with E-state index in [2.05, 4.69) is 5.32 Å². The van der Waals surface area contributed by atoms with Crippen LogP contribution in [0.25, 0.3) is 0 Å². The number of aryl methyl sites for hydroxylation is 1. The van der Waals surface area contributed by atoms with Gasteiger partial charge >= 0.3 is 0 Å². The van der Waals surface area contributed by atoms with Crippen LogP contribution < -0.4 is 5.32 Å². The van der Waals surface area contributed by atoms with Crippen LogP contribution in [0, 0.1) is 0 Å². The van der Waals surface area contributed by atoms with Crippen molar-refractivity contribution in [3.05, 3.63) is 93.1 Å². The molecule has 1 N–H and O–H groups in total. The van der Waals surface area contributed by atoms with E-state index in [-0.39, 0.29) is 5.75 Å². The predicted octanol–water partition coefficient (Wildman–Crippen LogP) is 4.65. The largest absolute Gasteiger partial charge is 0.344 e. The van der Waals surface area contributed by atoms with Crippen LogP contribution in [0.4, 0.5) is 0 Å². The van der Waals surface area contributed by atoms with Crippen molar-refractivity contribution in [1.29, 1.82) is 0 Å². The predicted molar refractivity (Wildman–Crippen MR) is 119 cm³/mol. The standard InChI is InChI=1S/C22H22ClNO3S2/c23-20-10-8-18(9-11-20)22(19-12-13-28-15-19)24-21(25)16-29(26,27)14-4-7-17-5-2-1-3-6-17/h1-3,5-6,8-13,15,22H,4,7,14,16H2,(H,24,25).